The summed E-state index contributed by atoms with van der Waals surface area (Å²) in [7, 11) is 3.25. The molecular weight excluding hydrogens is 554 g/mol. The van der Waals surface area contributed by atoms with Gasteiger partial charge in [-0.3, -0.25) is 0 Å². The summed E-state index contributed by atoms with van der Waals surface area (Å²) < 4.78 is 20.1. The Bertz CT molecular complexity index is 1710. The number of methoxy groups -OCH3 is 2. The Hall–Kier alpha value is -4.54. The molecule has 0 atom stereocenters. The van der Waals surface area contributed by atoms with Gasteiger partial charge >= 0.3 is 0 Å². The Labute approximate surface area is 235 Å². The van der Waals surface area contributed by atoms with Crippen molar-refractivity contribution >= 4 is 28.0 Å². The van der Waals surface area contributed by atoms with E-state index in [1.54, 1.807) is 20.4 Å². The Morgan fingerprint density at radius 1 is 0.897 bits per heavy atom. The van der Waals surface area contributed by atoms with Gasteiger partial charge in [-0.25, -0.2) is 4.99 Å². The lowest BCUT2D eigenvalue weighted by atomic mass is 9.98. The van der Waals surface area contributed by atoms with Crippen molar-refractivity contribution in [3.05, 3.63) is 106 Å². The van der Waals surface area contributed by atoms with Gasteiger partial charge < -0.3 is 18.5 Å². The minimum atomic E-state index is 0.250. The first-order valence-corrected chi connectivity index (χ1v) is 13.1. The Morgan fingerprint density at radius 2 is 1.51 bits per heavy atom. The van der Waals surface area contributed by atoms with Crippen molar-refractivity contribution in [2.24, 2.45) is 4.99 Å². The van der Waals surface area contributed by atoms with Crippen LogP contribution in [-0.4, -0.2) is 25.0 Å². The van der Waals surface area contributed by atoms with Crippen LogP contribution in [0.15, 0.2) is 92.7 Å². The normalized spacial score (nSPS) is 11.1. The number of aryl methyl sites for hydroxylation is 1. The number of nitriles is 1. The molecule has 0 unspecified atom stereocenters. The third-order valence-corrected chi connectivity index (χ3v) is 7.29. The van der Waals surface area contributed by atoms with E-state index in [4.69, 9.17) is 13.9 Å². The minimum Gasteiger partial charge on any atom is -0.497 e. The van der Waals surface area contributed by atoms with E-state index in [2.05, 4.69) is 50.6 Å². The molecule has 2 aromatic heterocycles. The maximum Gasteiger partial charge on any atom is 0.238 e. The van der Waals surface area contributed by atoms with E-state index in [9.17, 15) is 5.26 Å². The minimum absolute atomic E-state index is 0.250. The molecule has 3 aromatic carbocycles. The summed E-state index contributed by atoms with van der Waals surface area (Å²) in [5, 5.41) is 10.2. The number of aromatic nitrogens is 1. The number of para-hydroxylation sites is 1. The Kier molecular flexibility index (Phi) is 7.40. The lowest BCUT2D eigenvalue weighted by Crippen LogP contribution is -2.00. The van der Waals surface area contributed by atoms with Gasteiger partial charge in [0.15, 0.2) is 0 Å². The summed E-state index contributed by atoms with van der Waals surface area (Å²) >= 11 is 3.66. The second kappa shape index (κ2) is 11.1. The molecule has 0 saturated heterocycles. The molecule has 0 N–H and O–H groups in total. The topological polar surface area (TPSA) is 72.7 Å². The molecule has 2 heterocycles. The second-order valence-corrected chi connectivity index (χ2v) is 9.78. The predicted molar refractivity (Wildman–Crippen MR) is 158 cm³/mol. The van der Waals surface area contributed by atoms with E-state index in [1.807, 2.05) is 73.7 Å². The van der Waals surface area contributed by atoms with E-state index in [-0.39, 0.29) is 5.88 Å². The highest BCUT2D eigenvalue weighted by atomic mass is 79.9. The lowest BCUT2D eigenvalue weighted by Gasteiger charge is -2.11. The van der Waals surface area contributed by atoms with Gasteiger partial charge in [0.1, 0.15) is 28.9 Å². The summed E-state index contributed by atoms with van der Waals surface area (Å²) in [4.78, 5) is 4.69. The summed E-state index contributed by atoms with van der Waals surface area (Å²) in [6, 6.07) is 27.6. The van der Waals surface area contributed by atoms with E-state index < -0.39 is 0 Å². The fourth-order valence-corrected chi connectivity index (χ4v) is 5.10. The second-order valence-electron chi connectivity index (χ2n) is 8.93. The molecule has 0 aliphatic carbocycles. The van der Waals surface area contributed by atoms with Gasteiger partial charge in [-0.05, 0) is 89.9 Å². The van der Waals surface area contributed by atoms with Crippen LogP contribution in [0, 0.1) is 25.2 Å². The molecule has 0 spiro atoms. The number of ether oxygens (including phenoxy) is 2. The van der Waals surface area contributed by atoms with Crippen LogP contribution >= 0.6 is 15.9 Å². The Balaban J connectivity index is 1.63. The molecular formula is C32H26BrN3O3. The first kappa shape index (κ1) is 26.1. The molecule has 194 valence electrons. The highest BCUT2D eigenvalue weighted by Gasteiger charge is 2.23. The van der Waals surface area contributed by atoms with E-state index in [1.165, 1.54) is 0 Å². The van der Waals surface area contributed by atoms with E-state index in [0.29, 0.717) is 16.9 Å². The quantitative estimate of drug-likeness (QED) is 0.181. The van der Waals surface area contributed by atoms with Gasteiger partial charge in [0.05, 0.1) is 19.9 Å². The average Bonchev–Trinajstić information content (AvgIpc) is 3.48. The first-order chi connectivity index (χ1) is 18.9. The lowest BCUT2D eigenvalue weighted by molar-refractivity contribution is 0.414. The molecule has 5 aromatic rings. The number of furan rings is 1. The van der Waals surface area contributed by atoms with Crippen LogP contribution in [0.5, 0.6) is 11.5 Å². The van der Waals surface area contributed by atoms with Crippen LogP contribution in [-0.2, 0) is 0 Å². The SMILES string of the molecule is COc1ccc(-c2oc(N=Cc3cc(C)n(-c4ccccc4Br)c3C)c(C#N)c2-c2ccc(OC)cc2)cc1. The number of benzene rings is 3. The summed E-state index contributed by atoms with van der Waals surface area (Å²) in [5.74, 6) is 2.27. The molecule has 6 nitrogen and oxygen atoms in total. The highest BCUT2D eigenvalue weighted by Crippen LogP contribution is 2.43. The first-order valence-electron chi connectivity index (χ1n) is 12.3. The van der Waals surface area contributed by atoms with Gasteiger partial charge in [0, 0.05) is 38.8 Å². The molecule has 0 aliphatic rings. The zero-order chi connectivity index (χ0) is 27.5. The maximum atomic E-state index is 10.2. The average molecular weight is 580 g/mol. The number of rotatable bonds is 7. The molecule has 5 rings (SSSR count). The van der Waals surface area contributed by atoms with E-state index >= 15 is 0 Å². The van der Waals surface area contributed by atoms with E-state index in [0.717, 1.165) is 49.7 Å². The number of nitrogens with zero attached hydrogens (tertiary/aromatic N) is 3. The van der Waals surface area contributed by atoms with Crippen LogP contribution in [0.25, 0.3) is 28.1 Å². The molecule has 0 radical (unpaired) electrons. The fourth-order valence-electron chi connectivity index (χ4n) is 4.64. The molecule has 0 saturated carbocycles. The smallest absolute Gasteiger partial charge is 0.238 e. The molecule has 0 fully saturated rings. The van der Waals surface area contributed by atoms with Crippen molar-refractivity contribution in [3.63, 3.8) is 0 Å². The van der Waals surface area contributed by atoms with Gasteiger partial charge in [-0.2, -0.15) is 5.26 Å². The van der Waals surface area contributed by atoms with Crippen LogP contribution in [0.4, 0.5) is 5.88 Å². The largest absolute Gasteiger partial charge is 0.497 e. The number of hydrogen-bond donors (Lipinski definition) is 0. The monoisotopic (exact) mass is 579 g/mol. The van der Waals surface area contributed by atoms with Crippen molar-refractivity contribution in [2.75, 3.05) is 14.2 Å². The standard InChI is InChI=1S/C32H26BrN3O3/c1-20-17-24(21(2)36(20)29-8-6-5-7-28(29)33)19-35-32-27(18-34)30(22-9-13-25(37-3)14-10-22)31(39-32)23-11-15-26(38-4)16-12-23/h5-17,19H,1-4H3. The van der Waals surface area contributed by atoms with Crippen LogP contribution in [0.1, 0.15) is 22.5 Å². The summed E-state index contributed by atoms with van der Waals surface area (Å²) in [6.07, 6.45) is 1.75. The fraction of sp³-hybridized carbons (Fsp3) is 0.125. The highest BCUT2D eigenvalue weighted by molar-refractivity contribution is 9.10. The summed E-state index contributed by atoms with van der Waals surface area (Å²) in [6.45, 7) is 4.10. The zero-order valence-electron chi connectivity index (χ0n) is 22.0. The molecule has 7 heteroatoms. The summed E-state index contributed by atoms with van der Waals surface area (Å²) in [5.41, 5.74) is 6.75. The van der Waals surface area contributed by atoms with Gasteiger partial charge in [0.25, 0.3) is 0 Å². The predicted octanol–water partition coefficient (Wildman–Crippen LogP) is 8.42. The number of aliphatic imine (C=N–C) groups is 1. The maximum absolute atomic E-state index is 10.2. The zero-order valence-corrected chi connectivity index (χ0v) is 23.6. The van der Waals surface area contributed by atoms with Crippen LogP contribution < -0.4 is 9.47 Å². The van der Waals surface area contributed by atoms with Crippen molar-refractivity contribution in [1.82, 2.24) is 4.57 Å². The van der Waals surface area contributed by atoms with Crippen molar-refractivity contribution in [1.29, 1.82) is 5.26 Å². The Morgan fingerprint density at radius 3 is 2.10 bits per heavy atom. The molecule has 0 bridgehead atoms. The van der Waals surface area contributed by atoms with Crippen molar-refractivity contribution in [2.45, 2.75) is 13.8 Å². The van der Waals surface area contributed by atoms with Crippen molar-refractivity contribution in [3.8, 4) is 45.7 Å². The molecule has 0 aliphatic heterocycles. The van der Waals surface area contributed by atoms with Crippen molar-refractivity contribution < 1.29 is 13.9 Å². The third-order valence-electron chi connectivity index (χ3n) is 6.62. The van der Waals surface area contributed by atoms with Gasteiger partial charge in [-0.1, -0.05) is 24.3 Å². The van der Waals surface area contributed by atoms with Crippen LogP contribution in [0.2, 0.25) is 0 Å². The third kappa shape index (κ3) is 4.99. The van der Waals surface area contributed by atoms with Gasteiger partial charge in [-0.15, -0.1) is 0 Å². The van der Waals surface area contributed by atoms with Gasteiger partial charge in [0.2, 0.25) is 5.88 Å². The van der Waals surface area contributed by atoms with Crippen LogP contribution in [0.3, 0.4) is 0 Å². The number of halogens is 1. The molecule has 39 heavy (non-hydrogen) atoms. The number of hydrogen-bond acceptors (Lipinski definition) is 5. The molecule has 0 amide bonds.